The van der Waals surface area contributed by atoms with Crippen molar-refractivity contribution in [3.8, 4) is 0 Å². The average molecular weight is 278 g/mol. The SMILES string of the molecule is C=Cc1ccc(C(=O)OC)c(C2(c3ccccc3)CC2)c1. The molecule has 2 nitrogen and oxygen atoms in total. The fourth-order valence-electron chi connectivity index (χ4n) is 2.97. The number of benzene rings is 2. The second-order valence-corrected chi connectivity index (χ2v) is 5.45. The molecule has 2 aromatic carbocycles. The van der Waals surface area contributed by atoms with Gasteiger partial charge in [-0.25, -0.2) is 4.79 Å². The molecule has 0 aromatic heterocycles. The molecule has 1 aliphatic carbocycles. The van der Waals surface area contributed by atoms with Crippen LogP contribution in [0.1, 0.15) is 39.9 Å². The standard InChI is InChI=1S/C19H18O2/c1-3-14-9-10-16(18(20)21-2)17(13-14)19(11-12-19)15-7-5-4-6-8-15/h3-10,13H,1,11-12H2,2H3. The summed E-state index contributed by atoms with van der Waals surface area (Å²) in [5, 5.41) is 0. The Morgan fingerprint density at radius 2 is 1.90 bits per heavy atom. The Morgan fingerprint density at radius 1 is 1.19 bits per heavy atom. The molecule has 0 saturated heterocycles. The molecule has 106 valence electrons. The molecule has 1 saturated carbocycles. The fraction of sp³-hybridized carbons (Fsp3) is 0.211. The van der Waals surface area contributed by atoms with Crippen molar-refractivity contribution < 1.29 is 9.53 Å². The van der Waals surface area contributed by atoms with Crippen LogP contribution in [0.4, 0.5) is 0 Å². The lowest BCUT2D eigenvalue weighted by molar-refractivity contribution is 0.0599. The molecule has 0 spiro atoms. The highest BCUT2D eigenvalue weighted by atomic mass is 16.5. The summed E-state index contributed by atoms with van der Waals surface area (Å²) in [6.45, 7) is 3.83. The zero-order chi connectivity index (χ0) is 14.9. The zero-order valence-corrected chi connectivity index (χ0v) is 12.1. The zero-order valence-electron chi connectivity index (χ0n) is 12.1. The van der Waals surface area contributed by atoms with E-state index >= 15 is 0 Å². The lowest BCUT2D eigenvalue weighted by Crippen LogP contribution is -2.15. The second kappa shape index (κ2) is 5.21. The van der Waals surface area contributed by atoms with Crippen LogP contribution >= 0.6 is 0 Å². The molecule has 0 aliphatic heterocycles. The van der Waals surface area contributed by atoms with Gasteiger partial charge in [0.2, 0.25) is 0 Å². The number of hydrogen-bond acceptors (Lipinski definition) is 2. The van der Waals surface area contributed by atoms with Crippen LogP contribution in [0, 0.1) is 0 Å². The van der Waals surface area contributed by atoms with Gasteiger partial charge in [-0.2, -0.15) is 0 Å². The summed E-state index contributed by atoms with van der Waals surface area (Å²) in [7, 11) is 1.43. The van der Waals surface area contributed by atoms with Crippen molar-refractivity contribution in [3.63, 3.8) is 0 Å². The number of rotatable bonds is 4. The van der Waals surface area contributed by atoms with Crippen molar-refractivity contribution in [3.05, 3.63) is 77.4 Å². The van der Waals surface area contributed by atoms with Crippen LogP contribution in [0.25, 0.3) is 6.08 Å². The Kier molecular flexibility index (Phi) is 3.38. The number of hydrogen-bond donors (Lipinski definition) is 0. The number of ether oxygens (including phenoxy) is 1. The first kappa shape index (κ1) is 13.6. The number of methoxy groups -OCH3 is 1. The van der Waals surface area contributed by atoms with Gasteiger partial charge in [0.05, 0.1) is 12.7 Å². The van der Waals surface area contributed by atoms with Crippen molar-refractivity contribution in [2.24, 2.45) is 0 Å². The Morgan fingerprint density at radius 3 is 2.48 bits per heavy atom. The molecule has 21 heavy (non-hydrogen) atoms. The van der Waals surface area contributed by atoms with Gasteiger partial charge < -0.3 is 4.74 Å². The first-order valence-corrected chi connectivity index (χ1v) is 7.12. The first-order chi connectivity index (χ1) is 10.2. The highest BCUT2D eigenvalue weighted by molar-refractivity contribution is 5.92. The molecule has 2 aromatic rings. The lowest BCUT2D eigenvalue weighted by atomic mass is 9.84. The normalized spacial score (nSPS) is 15.3. The quantitative estimate of drug-likeness (QED) is 0.784. The minimum Gasteiger partial charge on any atom is -0.465 e. The lowest BCUT2D eigenvalue weighted by Gasteiger charge is -2.20. The van der Waals surface area contributed by atoms with Crippen molar-refractivity contribution in [2.75, 3.05) is 7.11 Å². The van der Waals surface area contributed by atoms with E-state index in [4.69, 9.17) is 4.74 Å². The summed E-state index contributed by atoms with van der Waals surface area (Å²) in [5.74, 6) is -0.275. The summed E-state index contributed by atoms with van der Waals surface area (Å²) < 4.78 is 4.94. The van der Waals surface area contributed by atoms with Gasteiger partial charge in [-0.1, -0.05) is 55.1 Å². The van der Waals surface area contributed by atoms with E-state index in [1.165, 1.54) is 12.7 Å². The van der Waals surface area contributed by atoms with Crippen LogP contribution in [0.2, 0.25) is 0 Å². The molecule has 0 radical (unpaired) electrons. The third kappa shape index (κ3) is 2.27. The monoisotopic (exact) mass is 278 g/mol. The molecule has 0 bridgehead atoms. The van der Waals surface area contributed by atoms with Crippen LogP contribution in [0.3, 0.4) is 0 Å². The smallest absolute Gasteiger partial charge is 0.338 e. The van der Waals surface area contributed by atoms with E-state index in [0.717, 1.165) is 24.0 Å². The molecule has 0 unspecified atom stereocenters. The van der Waals surface area contributed by atoms with Crippen LogP contribution in [0.15, 0.2) is 55.1 Å². The number of carbonyl (C=O) groups excluding carboxylic acids is 1. The summed E-state index contributed by atoms with van der Waals surface area (Å²) in [4.78, 5) is 12.1. The van der Waals surface area contributed by atoms with Crippen molar-refractivity contribution >= 4 is 12.0 Å². The summed E-state index contributed by atoms with van der Waals surface area (Å²) >= 11 is 0. The van der Waals surface area contributed by atoms with E-state index in [2.05, 4.69) is 24.8 Å². The van der Waals surface area contributed by atoms with Gasteiger partial charge in [-0.15, -0.1) is 0 Å². The molecular weight excluding hydrogens is 260 g/mol. The largest absolute Gasteiger partial charge is 0.465 e. The van der Waals surface area contributed by atoms with E-state index < -0.39 is 0 Å². The first-order valence-electron chi connectivity index (χ1n) is 7.12. The topological polar surface area (TPSA) is 26.3 Å². The van der Waals surface area contributed by atoms with Crippen molar-refractivity contribution in [1.82, 2.24) is 0 Å². The van der Waals surface area contributed by atoms with Gasteiger partial charge in [0.15, 0.2) is 0 Å². The maximum Gasteiger partial charge on any atom is 0.338 e. The van der Waals surface area contributed by atoms with Crippen LogP contribution in [0.5, 0.6) is 0 Å². The van der Waals surface area contributed by atoms with Crippen LogP contribution in [-0.4, -0.2) is 13.1 Å². The predicted molar refractivity (Wildman–Crippen MR) is 84.3 cm³/mol. The Labute approximate surface area is 125 Å². The Hall–Kier alpha value is -2.35. The summed E-state index contributed by atoms with van der Waals surface area (Å²) in [6.07, 6.45) is 3.93. The van der Waals surface area contributed by atoms with Crippen LogP contribution < -0.4 is 0 Å². The number of esters is 1. The van der Waals surface area contributed by atoms with Gasteiger partial charge in [0, 0.05) is 5.41 Å². The van der Waals surface area contributed by atoms with Gasteiger partial charge in [-0.3, -0.25) is 0 Å². The molecule has 0 amide bonds. The van der Waals surface area contributed by atoms with Gasteiger partial charge in [-0.05, 0) is 35.6 Å². The number of carbonyl (C=O) groups is 1. The Balaban J connectivity index is 2.17. The minimum atomic E-state index is -0.275. The van der Waals surface area contributed by atoms with E-state index in [9.17, 15) is 4.79 Å². The summed E-state index contributed by atoms with van der Waals surface area (Å²) in [6, 6.07) is 16.2. The molecule has 1 aliphatic rings. The van der Waals surface area contributed by atoms with Crippen LogP contribution in [-0.2, 0) is 10.2 Å². The van der Waals surface area contributed by atoms with E-state index in [-0.39, 0.29) is 11.4 Å². The van der Waals surface area contributed by atoms with Gasteiger partial charge in [0.25, 0.3) is 0 Å². The molecule has 0 atom stereocenters. The van der Waals surface area contributed by atoms with Crippen molar-refractivity contribution in [2.45, 2.75) is 18.3 Å². The maximum atomic E-state index is 12.1. The van der Waals surface area contributed by atoms with Gasteiger partial charge >= 0.3 is 5.97 Å². The highest BCUT2D eigenvalue weighted by Gasteiger charge is 2.47. The van der Waals surface area contributed by atoms with E-state index in [1.54, 1.807) is 0 Å². The highest BCUT2D eigenvalue weighted by Crippen LogP contribution is 2.54. The Bertz CT molecular complexity index is 682. The molecule has 0 heterocycles. The van der Waals surface area contributed by atoms with Gasteiger partial charge in [0.1, 0.15) is 0 Å². The van der Waals surface area contributed by atoms with E-state index in [1.807, 2.05) is 36.4 Å². The third-order valence-electron chi connectivity index (χ3n) is 4.28. The average Bonchev–Trinajstić information content (AvgIpc) is 3.36. The minimum absolute atomic E-state index is 0.0518. The molecule has 0 N–H and O–H groups in total. The molecular formula is C19H18O2. The summed E-state index contributed by atoms with van der Waals surface area (Å²) in [5.41, 5.74) is 3.95. The predicted octanol–water partition coefficient (Wildman–Crippen LogP) is 4.20. The van der Waals surface area contributed by atoms with Crippen molar-refractivity contribution in [1.29, 1.82) is 0 Å². The fourth-order valence-corrected chi connectivity index (χ4v) is 2.97. The third-order valence-corrected chi connectivity index (χ3v) is 4.28. The molecule has 2 heteroatoms. The van der Waals surface area contributed by atoms with E-state index in [0.29, 0.717) is 5.56 Å². The maximum absolute atomic E-state index is 12.1. The second-order valence-electron chi connectivity index (χ2n) is 5.45. The molecule has 3 rings (SSSR count). The molecule has 1 fully saturated rings.